The van der Waals surface area contributed by atoms with Crippen molar-refractivity contribution in [1.29, 1.82) is 0 Å². The van der Waals surface area contributed by atoms with Crippen molar-refractivity contribution in [2.75, 3.05) is 21.3 Å². The monoisotopic (exact) mass is 241 g/mol. The molecular formula is C7H16NO6P. The zero-order valence-electron chi connectivity index (χ0n) is 9.09. The first-order chi connectivity index (χ1) is 6.91. The van der Waals surface area contributed by atoms with Crippen molar-refractivity contribution in [2.45, 2.75) is 18.9 Å². The van der Waals surface area contributed by atoms with Gasteiger partial charge in [-0.2, -0.15) is 0 Å². The van der Waals surface area contributed by atoms with E-state index < -0.39 is 25.6 Å². The van der Waals surface area contributed by atoms with E-state index in [1.54, 1.807) is 0 Å². The summed E-state index contributed by atoms with van der Waals surface area (Å²) in [4.78, 5) is 11.3. The predicted molar refractivity (Wildman–Crippen MR) is 52.2 cm³/mol. The SMILES string of the molecule is COC(=O)C(NC(C)O)P(=O)(OC)OC. The van der Waals surface area contributed by atoms with Gasteiger partial charge in [-0.3, -0.25) is 9.88 Å². The fourth-order valence-electron chi connectivity index (χ4n) is 0.914. The molecule has 90 valence electrons. The molecule has 0 saturated heterocycles. The second kappa shape index (κ2) is 6.19. The number of hydrogen-bond acceptors (Lipinski definition) is 7. The lowest BCUT2D eigenvalue weighted by atomic mass is 10.5. The predicted octanol–water partition coefficient (Wildman–Crippen LogP) is -0.101. The lowest BCUT2D eigenvalue weighted by Crippen LogP contribution is -2.43. The highest BCUT2D eigenvalue weighted by Crippen LogP contribution is 2.50. The number of aliphatic hydroxyl groups is 1. The van der Waals surface area contributed by atoms with Gasteiger partial charge in [0.2, 0.25) is 5.78 Å². The van der Waals surface area contributed by atoms with Crippen molar-refractivity contribution < 1.29 is 28.3 Å². The quantitative estimate of drug-likeness (QED) is 0.381. The highest BCUT2D eigenvalue weighted by atomic mass is 31.2. The molecule has 0 spiro atoms. The van der Waals surface area contributed by atoms with E-state index in [-0.39, 0.29) is 0 Å². The van der Waals surface area contributed by atoms with Crippen molar-refractivity contribution in [1.82, 2.24) is 5.32 Å². The number of aliphatic hydroxyl groups excluding tert-OH is 1. The largest absolute Gasteiger partial charge is 0.467 e. The standard InChI is InChI=1S/C7H16NO6P/c1-5(9)8-6(7(10)12-2)15(11,13-3)14-4/h5-6,8-9H,1-4H3. The summed E-state index contributed by atoms with van der Waals surface area (Å²) in [5.41, 5.74) is 0. The molecule has 0 aromatic heterocycles. The lowest BCUT2D eigenvalue weighted by Gasteiger charge is -2.24. The third kappa shape index (κ3) is 3.89. The Kier molecular flexibility index (Phi) is 6.00. The highest BCUT2D eigenvalue weighted by molar-refractivity contribution is 7.55. The topological polar surface area (TPSA) is 94.1 Å². The van der Waals surface area contributed by atoms with Crippen LogP contribution in [0.4, 0.5) is 0 Å². The Bertz CT molecular complexity index is 248. The van der Waals surface area contributed by atoms with Gasteiger partial charge in [0.05, 0.1) is 7.11 Å². The number of carbonyl (C=O) groups excluding carboxylic acids is 1. The molecule has 2 N–H and O–H groups in total. The van der Waals surface area contributed by atoms with Gasteiger partial charge in [-0.1, -0.05) is 0 Å². The van der Waals surface area contributed by atoms with Crippen LogP contribution in [0.1, 0.15) is 6.92 Å². The Labute approximate surface area is 88.2 Å². The maximum Gasteiger partial charge on any atom is 0.358 e. The van der Waals surface area contributed by atoms with Gasteiger partial charge in [-0.05, 0) is 6.92 Å². The van der Waals surface area contributed by atoms with Crippen LogP contribution in [0, 0.1) is 0 Å². The fraction of sp³-hybridized carbons (Fsp3) is 0.857. The molecule has 8 heteroatoms. The van der Waals surface area contributed by atoms with Gasteiger partial charge in [0.1, 0.15) is 6.23 Å². The third-order valence-corrected chi connectivity index (χ3v) is 3.66. The highest BCUT2D eigenvalue weighted by Gasteiger charge is 2.41. The summed E-state index contributed by atoms with van der Waals surface area (Å²) in [7, 11) is -0.244. The maximum absolute atomic E-state index is 11.9. The van der Waals surface area contributed by atoms with Crippen LogP contribution in [-0.2, 0) is 23.1 Å². The van der Waals surface area contributed by atoms with Crippen LogP contribution in [0.3, 0.4) is 0 Å². The van der Waals surface area contributed by atoms with Gasteiger partial charge in [0.15, 0.2) is 0 Å². The molecule has 0 bridgehead atoms. The second-order valence-electron chi connectivity index (χ2n) is 2.67. The van der Waals surface area contributed by atoms with E-state index in [0.717, 1.165) is 21.3 Å². The molecular weight excluding hydrogens is 225 g/mol. The van der Waals surface area contributed by atoms with Crippen LogP contribution in [0.25, 0.3) is 0 Å². The Morgan fingerprint density at radius 2 is 1.80 bits per heavy atom. The van der Waals surface area contributed by atoms with Gasteiger partial charge in [0, 0.05) is 14.2 Å². The van der Waals surface area contributed by atoms with Crippen LogP contribution >= 0.6 is 7.60 Å². The molecule has 7 nitrogen and oxygen atoms in total. The average molecular weight is 241 g/mol. The van der Waals surface area contributed by atoms with Crippen LogP contribution in [0.15, 0.2) is 0 Å². The molecule has 0 aliphatic carbocycles. The Hall–Kier alpha value is -0.460. The molecule has 0 aromatic rings. The van der Waals surface area contributed by atoms with Crippen LogP contribution < -0.4 is 5.32 Å². The first kappa shape index (κ1) is 14.5. The summed E-state index contributed by atoms with van der Waals surface area (Å²) in [6.45, 7) is 1.37. The van der Waals surface area contributed by atoms with Crippen LogP contribution in [0.2, 0.25) is 0 Å². The first-order valence-electron chi connectivity index (χ1n) is 4.14. The smallest absolute Gasteiger partial charge is 0.358 e. The molecule has 0 saturated carbocycles. The fourth-order valence-corrected chi connectivity index (χ4v) is 2.25. The van der Waals surface area contributed by atoms with E-state index >= 15 is 0 Å². The summed E-state index contributed by atoms with van der Waals surface area (Å²) in [6, 6.07) is 0. The van der Waals surface area contributed by atoms with E-state index in [9.17, 15) is 9.36 Å². The number of ether oxygens (including phenoxy) is 1. The lowest BCUT2D eigenvalue weighted by molar-refractivity contribution is -0.142. The zero-order chi connectivity index (χ0) is 12.1. The number of rotatable bonds is 6. The van der Waals surface area contributed by atoms with Crippen molar-refractivity contribution in [3.05, 3.63) is 0 Å². The number of nitrogens with one attached hydrogen (secondary N) is 1. The van der Waals surface area contributed by atoms with E-state index in [4.69, 9.17) is 5.11 Å². The van der Waals surface area contributed by atoms with Crippen molar-refractivity contribution in [3.8, 4) is 0 Å². The molecule has 0 aliphatic heterocycles. The van der Waals surface area contributed by atoms with E-state index in [0.29, 0.717) is 0 Å². The molecule has 2 atom stereocenters. The number of hydrogen-bond donors (Lipinski definition) is 2. The Balaban J connectivity index is 4.91. The Morgan fingerprint density at radius 1 is 1.33 bits per heavy atom. The van der Waals surface area contributed by atoms with Crippen LogP contribution in [-0.4, -0.2) is 44.4 Å². The molecule has 0 aliphatic rings. The summed E-state index contributed by atoms with van der Waals surface area (Å²) >= 11 is 0. The molecule has 0 aromatic carbocycles. The van der Waals surface area contributed by atoms with E-state index in [2.05, 4.69) is 19.1 Å². The summed E-state index contributed by atoms with van der Waals surface area (Å²) in [6.07, 6.45) is -1.05. The van der Waals surface area contributed by atoms with Gasteiger partial charge in [-0.15, -0.1) is 0 Å². The second-order valence-corrected chi connectivity index (χ2v) is 5.00. The zero-order valence-corrected chi connectivity index (χ0v) is 9.98. The molecule has 0 radical (unpaired) electrons. The minimum atomic E-state index is -3.66. The minimum absolute atomic E-state index is 0.831. The van der Waals surface area contributed by atoms with E-state index in [1.807, 2.05) is 0 Å². The van der Waals surface area contributed by atoms with Gasteiger partial charge >= 0.3 is 13.6 Å². The molecule has 0 fully saturated rings. The van der Waals surface area contributed by atoms with E-state index in [1.165, 1.54) is 6.92 Å². The summed E-state index contributed by atoms with van der Waals surface area (Å²) in [5.74, 6) is -2.18. The van der Waals surface area contributed by atoms with Gasteiger partial charge in [0.25, 0.3) is 0 Å². The van der Waals surface area contributed by atoms with Gasteiger partial charge in [-0.25, -0.2) is 4.79 Å². The molecule has 0 rings (SSSR count). The molecule has 0 amide bonds. The first-order valence-corrected chi connectivity index (χ1v) is 5.75. The number of methoxy groups -OCH3 is 1. The van der Waals surface area contributed by atoms with Crippen LogP contribution in [0.5, 0.6) is 0 Å². The minimum Gasteiger partial charge on any atom is -0.467 e. The average Bonchev–Trinajstić information content (AvgIpc) is 2.23. The Morgan fingerprint density at radius 3 is 2.07 bits per heavy atom. The normalized spacial score (nSPS) is 15.8. The summed E-state index contributed by atoms with van der Waals surface area (Å²) < 4.78 is 25.5. The molecule has 0 heterocycles. The van der Waals surface area contributed by atoms with Crippen molar-refractivity contribution in [2.24, 2.45) is 0 Å². The molecule has 15 heavy (non-hydrogen) atoms. The van der Waals surface area contributed by atoms with Crippen molar-refractivity contribution >= 4 is 13.6 Å². The maximum atomic E-state index is 11.9. The number of carbonyl (C=O) groups is 1. The van der Waals surface area contributed by atoms with Crippen molar-refractivity contribution in [3.63, 3.8) is 0 Å². The summed E-state index contributed by atoms with van der Waals surface area (Å²) in [5, 5.41) is 11.4. The molecule has 2 unspecified atom stereocenters. The van der Waals surface area contributed by atoms with Gasteiger partial charge < -0.3 is 18.9 Å². The number of esters is 1. The third-order valence-electron chi connectivity index (χ3n) is 1.65.